The molecule has 0 unspecified atom stereocenters. The molecule has 0 bridgehead atoms. The van der Waals surface area contributed by atoms with E-state index in [2.05, 4.69) is 5.32 Å². The number of hydrogen-bond donors (Lipinski definition) is 1. The second-order valence-corrected chi connectivity index (χ2v) is 3.65. The lowest BCUT2D eigenvalue weighted by Crippen LogP contribution is -2.34. The van der Waals surface area contributed by atoms with Crippen LogP contribution >= 0.6 is 24.0 Å². The number of benzene rings is 1. The van der Waals surface area contributed by atoms with Gasteiger partial charge in [-0.2, -0.15) is 0 Å². The van der Waals surface area contributed by atoms with Crippen LogP contribution in [0.5, 0.6) is 0 Å². The lowest BCUT2D eigenvalue weighted by molar-refractivity contribution is 0.0768. The quantitative estimate of drug-likeness (QED) is 0.829. The van der Waals surface area contributed by atoms with Crippen molar-refractivity contribution in [1.82, 2.24) is 5.32 Å². The molecule has 1 heterocycles. The minimum Gasteiger partial charge on any atom is -0.378 e. The van der Waals surface area contributed by atoms with Crippen LogP contribution in [0.3, 0.4) is 0 Å². The van der Waals surface area contributed by atoms with Crippen molar-refractivity contribution in [2.24, 2.45) is 0 Å². The van der Waals surface area contributed by atoms with Gasteiger partial charge < -0.3 is 10.1 Å². The molecule has 5 heteroatoms. The monoisotopic (exact) mass is 251 g/mol. The first kappa shape index (κ1) is 12.7. The Morgan fingerprint density at radius 1 is 1.47 bits per heavy atom. The summed E-state index contributed by atoms with van der Waals surface area (Å²) in [7, 11) is 0. The summed E-state index contributed by atoms with van der Waals surface area (Å²) in [4.78, 5) is 0. The van der Waals surface area contributed by atoms with E-state index >= 15 is 0 Å². The summed E-state index contributed by atoms with van der Waals surface area (Å²) < 4.78 is 18.3. The van der Waals surface area contributed by atoms with Crippen molar-refractivity contribution in [3.05, 3.63) is 34.6 Å². The van der Waals surface area contributed by atoms with Gasteiger partial charge in [-0.05, 0) is 23.8 Å². The number of morpholine rings is 1. The highest BCUT2D eigenvalue weighted by Gasteiger charge is 2.18. The molecule has 0 spiro atoms. The fourth-order valence-corrected chi connectivity index (χ4v) is 1.80. The van der Waals surface area contributed by atoms with Crippen LogP contribution in [0.2, 0.25) is 5.02 Å². The largest absolute Gasteiger partial charge is 0.378 e. The predicted octanol–water partition coefficient (Wildman–Crippen LogP) is 2.56. The molecular weight excluding hydrogens is 240 g/mol. The van der Waals surface area contributed by atoms with Gasteiger partial charge in [-0.1, -0.05) is 11.6 Å². The van der Waals surface area contributed by atoms with Crippen molar-refractivity contribution in [2.75, 3.05) is 19.8 Å². The van der Waals surface area contributed by atoms with Crippen LogP contribution in [0.4, 0.5) is 4.39 Å². The molecular formula is C10H12Cl2FNO. The minimum absolute atomic E-state index is 0. The van der Waals surface area contributed by atoms with Crippen molar-refractivity contribution < 1.29 is 9.13 Å². The van der Waals surface area contributed by atoms with Crippen LogP contribution in [0, 0.1) is 5.82 Å². The normalized spacial score (nSPS) is 20.8. The van der Waals surface area contributed by atoms with Crippen molar-refractivity contribution in [3.8, 4) is 0 Å². The van der Waals surface area contributed by atoms with E-state index in [9.17, 15) is 4.39 Å². The second-order valence-electron chi connectivity index (χ2n) is 3.25. The van der Waals surface area contributed by atoms with Crippen molar-refractivity contribution in [3.63, 3.8) is 0 Å². The molecule has 1 fully saturated rings. The molecule has 2 nitrogen and oxygen atoms in total. The maximum Gasteiger partial charge on any atom is 0.123 e. The van der Waals surface area contributed by atoms with Gasteiger partial charge in [0.25, 0.3) is 0 Å². The number of nitrogens with one attached hydrogen (secondary N) is 1. The fourth-order valence-electron chi connectivity index (χ4n) is 1.55. The minimum atomic E-state index is -0.267. The zero-order valence-corrected chi connectivity index (χ0v) is 9.58. The molecule has 1 aromatic carbocycles. The lowest BCUT2D eigenvalue weighted by Gasteiger charge is -2.24. The van der Waals surface area contributed by atoms with E-state index in [4.69, 9.17) is 16.3 Å². The fraction of sp³-hybridized carbons (Fsp3) is 0.400. The molecule has 0 saturated carbocycles. The lowest BCUT2D eigenvalue weighted by atomic mass is 10.1. The van der Waals surface area contributed by atoms with Gasteiger partial charge in [0.1, 0.15) is 5.82 Å². The highest BCUT2D eigenvalue weighted by molar-refractivity contribution is 6.31. The van der Waals surface area contributed by atoms with Gasteiger partial charge in [-0.15, -0.1) is 12.4 Å². The first-order valence-corrected chi connectivity index (χ1v) is 4.91. The Kier molecular flexibility index (Phi) is 4.80. The van der Waals surface area contributed by atoms with Crippen LogP contribution in [-0.4, -0.2) is 19.8 Å². The molecule has 0 radical (unpaired) electrons. The third kappa shape index (κ3) is 3.05. The van der Waals surface area contributed by atoms with E-state index < -0.39 is 0 Å². The Morgan fingerprint density at radius 2 is 2.27 bits per heavy atom. The molecule has 1 atom stereocenters. The average molecular weight is 252 g/mol. The number of hydrogen-bond acceptors (Lipinski definition) is 2. The van der Waals surface area contributed by atoms with Gasteiger partial charge in [0.15, 0.2) is 0 Å². The summed E-state index contributed by atoms with van der Waals surface area (Å²) >= 11 is 5.97. The Bertz CT molecular complexity index is 329. The van der Waals surface area contributed by atoms with E-state index in [1.165, 1.54) is 12.1 Å². The Hall–Kier alpha value is -0.350. The zero-order valence-electron chi connectivity index (χ0n) is 8.00. The van der Waals surface area contributed by atoms with Gasteiger partial charge in [0, 0.05) is 11.6 Å². The molecule has 84 valence electrons. The van der Waals surface area contributed by atoms with E-state index in [0.717, 1.165) is 12.1 Å². The predicted molar refractivity (Wildman–Crippen MR) is 60.2 cm³/mol. The first-order valence-electron chi connectivity index (χ1n) is 4.53. The van der Waals surface area contributed by atoms with Gasteiger partial charge in [0.2, 0.25) is 0 Å². The third-order valence-corrected chi connectivity index (χ3v) is 2.60. The molecule has 15 heavy (non-hydrogen) atoms. The van der Waals surface area contributed by atoms with E-state index in [1.807, 2.05) is 0 Å². The summed E-state index contributed by atoms with van der Waals surface area (Å²) in [5.74, 6) is -0.267. The van der Waals surface area contributed by atoms with E-state index in [-0.39, 0.29) is 24.3 Å². The van der Waals surface area contributed by atoms with Crippen LogP contribution in [-0.2, 0) is 4.74 Å². The molecule has 1 aromatic rings. The number of halogens is 3. The number of rotatable bonds is 1. The number of ether oxygens (including phenoxy) is 1. The highest BCUT2D eigenvalue weighted by atomic mass is 35.5. The molecule has 1 aliphatic heterocycles. The maximum atomic E-state index is 13.0. The second kappa shape index (κ2) is 5.66. The highest BCUT2D eigenvalue weighted by Crippen LogP contribution is 2.25. The molecule has 1 saturated heterocycles. The summed E-state index contributed by atoms with van der Waals surface area (Å²) in [5, 5.41) is 3.81. The molecule has 2 rings (SSSR count). The van der Waals surface area contributed by atoms with E-state index in [0.29, 0.717) is 18.2 Å². The van der Waals surface area contributed by atoms with Gasteiger partial charge in [-0.3, -0.25) is 0 Å². The molecule has 0 amide bonds. The van der Waals surface area contributed by atoms with Crippen LogP contribution in [0.1, 0.15) is 11.6 Å². The Balaban J connectivity index is 0.00000112. The van der Waals surface area contributed by atoms with Crippen molar-refractivity contribution in [1.29, 1.82) is 0 Å². The van der Waals surface area contributed by atoms with Crippen LogP contribution in [0.15, 0.2) is 18.2 Å². The van der Waals surface area contributed by atoms with Gasteiger partial charge >= 0.3 is 0 Å². The molecule has 0 aliphatic carbocycles. The summed E-state index contributed by atoms with van der Waals surface area (Å²) in [6, 6.07) is 4.39. The third-order valence-electron chi connectivity index (χ3n) is 2.26. The Morgan fingerprint density at radius 3 is 2.93 bits per heavy atom. The van der Waals surface area contributed by atoms with Crippen molar-refractivity contribution >= 4 is 24.0 Å². The van der Waals surface area contributed by atoms with Gasteiger partial charge in [-0.25, -0.2) is 4.39 Å². The SMILES string of the molecule is Cl.Fc1ccc(Cl)c([C@@H]2COCCN2)c1. The molecule has 0 aromatic heterocycles. The smallest absolute Gasteiger partial charge is 0.123 e. The molecule has 1 N–H and O–H groups in total. The maximum absolute atomic E-state index is 13.0. The summed E-state index contributed by atoms with van der Waals surface area (Å²) in [5.41, 5.74) is 0.770. The average Bonchev–Trinajstić information content (AvgIpc) is 2.23. The topological polar surface area (TPSA) is 21.3 Å². The summed E-state index contributed by atoms with van der Waals surface area (Å²) in [6.07, 6.45) is 0. The zero-order chi connectivity index (χ0) is 9.97. The van der Waals surface area contributed by atoms with Crippen LogP contribution in [0.25, 0.3) is 0 Å². The van der Waals surface area contributed by atoms with Gasteiger partial charge in [0.05, 0.1) is 19.3 Å². The standard InChI is InChI=1S/C10H11ClFNO.ClH/c11-9-2-1-7(12)5-8(9)10-6-14-4-3-13-10;/h1-2,5,10,13H,3-4,6H2;1H/t10-;/m0./s1. The molecule has 1 aliphatic rings. The summed E-state index contributed by atoms with van der Waals surface area (Å²) in [6.45, 7) is 2.02. The van der Waals surface area contributed by atoms with E-state index in [1.54, 1.807) is 6.07 Å². The first-order chi connectivity index (χ1) is 6.77. The van der Waals surface area contributed by atoms with Crippen molar-refractivity contribution in [2.45, 2.75) is 6.04 Å². The Labute approximate surface area is 99.2 Å². The van der Waals surface area contributed by atoms with Crippen LogP contribution < -0.4 is 5.32 Å².